The van der Waals surface area contributed by atoms with E-state index in [9.17, 15) is 4.79 Å². The largest absolute Gasteiger partial charge is 0.480 e. The summed E-state index contributed by atoms with van der Waals surface area (Å²) in [6.45, 7) is 0. The Labute approximate surface area is 109 Å². The third kappa shape index (κ3) is 2.67. The summed E-state index contributed by atoms with van der Waals surface area (Å²) >= 11 is 5.80. The number of aliphatic carboxylic acids is 1. The second kappa shape index (κ2) is 5.16. The molecule has 18 heavy (non-hydrogen) atoms. The summed E-state index contributed by atoms with van der Waals surface area (Å²) in [5, 5.41) is 9.44. The number of carboxylic acid groups (broad SMARTS) is 1. The molecule has 1 aromatic heterocycles. The van der Waals surface area contributed by atoms with Gasteiger partial charge in [-0.3, -0.25) is 9.78 Å². The lowest BCUT2D eigenvalue weighted by atomic mass is 10.1. The number of halogens is 1. The summed E-state index contributed by atoms with van der Waals surface area (Å²) in [5.74, 6) is -1.07. The van der Waals surface area contributed by atoms with Crippen LogP contribution in [0.5, 0.6) is 0 Å². The van der Waals surface area contributed by atoms with Crippen LogP contribution in [0.2, 0.25) is 5.02 Å². The van der Waals surface area contributed by atoms with Gasteiger partial charge in [0, 0.05) is 16.8 Å². The van der Waals surface area contributed by atoms with Crippen molar-refractivity contribution in [3.63, 3.8) is 0 Å². The quantitative estimate of drug-likeness (QED) is 0.891. The topological polar surface area (TPSA) is 76.2 Å². The fraction of sp³-hybridized carbons (Fsp3) is 0.0769. The maximum Gasteiger partial charge on any atom is 0.325 e. The predicted octanol–water partition coefficient (Wildman–Crippen LogP) is 2.49. The average molecular weight is 263 g/mol. The molecule has 2 aromatic rings. The van der Waals surface area contributed by atoms with E-state index in [2.05, 4.69) is 4.98 Å². The van der Waals surface area contributed by atoms with E-state index in [0.717, 1.165) is 11.3 Å². The van der Waals surface area contributed by atoms with Crippen molar-refractivity contribution in [3.8, 4) is 11.3 Å². The standard InChI is InChI=1S/C13H11ClN2O2/c14-10-4-1-8(2-5-10)11-6-3-9(7-16-11)12(15)13(17)18/h1-7,12H,15H2,(H,17,18). The Bertz CT molecular complexity index is 552. The molecule has 3 N–H and O–H groups in total. The summed E-state index contributed by atoms with van der Waals surface area (Å²) in [4.78, 5) is 14.9. The number of nitrogens with zero attached hydrogens (tertiary/aromatic N) is 1. The number of carbonyl (C=O) groups is 1. The van der Waals surface area contributed by atoms with Gasteiger partial charge >= 0.3 is 5.97 Å². The van der Waals surface area contributed by atoms with E-state index in [1.165, 1.54) is 6.20 Å². The van der Waals surface area contributed by atoms with Crippen LogP contribution in [0.1, 0.15) is 11.6 Å². The Hall–Kier alpha value is -1.91. The van der Waals surface area contributed by atoms with Gasteiger partial charge in [-0.1, -0.05) is 29.8 Å². The SMILES string of the molecule is NC(C(=O)O)c1ccc(-c2ccc(Cl)cc2)nc1. The molecule has 4 nitrogen and oxygen atoms in total. The third-order valence-electron chi connectivity index (χ3n) is 2.55. The number of carboxylic acids is 1. The molecule has 0 aliphatic heterocycles. The monoisotopic (exact) mass is 262 g/mol. The molecular formula is C13H11ClN2O2. The van der Waals surface area contributed by atoms with Crippen molar-refractivity contribution in [2.45, 2.75) is 6.04 Å². The number of hydrogen-bond acceptors (Lipinski definition) is 3. The van der Waals surface area contributed by atoms with E-state index in [1.54, 1.807) is 24.3 Å². The highest BCUT2D eigenvalue weighted by Crippen LogP contribution is 2.20. The Morgan fingerprint density at radius 1 is 1.22 bits per heavy atom. The molecule has 1 heterocycles. The minimum Gasteiger partial charge on any atom is -0.480 e. The van der Waals surface area contributed by atoms with Gasteiger partial charge in [0.1, 0.15) is 6.04 Å². The molecule has 0 aliphatic rings. The molecule has 0 bridgehead atoms. The van der Waals surface area contributed by atoms with E-state index in [-0.39, 0.29) is 0 Å². The maximum absolute atomic E-state index is 10.7. The van der Waals surface area contributed by atoms with Crippen molar-refractivity contribution in [2.75, 3.05) is 0 Å². The molecule has 2 rings (SSSR count). The highest BCUT2D eigenvalue weighted by molar-refractivity contribution is 6.30. The molecule has 92 valence electrons. The first kappa shape index (κ1) is 12.5. The van der Waals surface area contributed by atoms with Gasteiger partial charge in [0.05, 0.1) is 5.69 Å². The van der Waals surface area contributed by atoms with Crippen LogP contribution in [0.25, 0.3) is 11.3 Å². The lowest BCUT2D eigenvalue weighted by Crippen LogP contribution is -2.20. The van der Waals surface area contributed by atoms with Crippen LogP contribution in [0.4, 0.5) is 0 Å². The number of rotatable bonds is 3. The smallest absolute Gasteiger partial charge is 0.325 e. The van der Waals surface area contributed by atoms with Crippen LogP contribution < -0.4 is 5.73 Å². The first-order valence-electron chi connectivity index (χ1n) is 5.28. The molecule has 1 atom stereocenters. The van der Waals surface area contributed by atoms with Crippen molar-refractivity contribution in [1.29, 1.82) is 0 Å². The summed E-state index contributed by atoms with van der Waals surface area (Å²) in [6, 6.07) is 9.60. The lowest BCUT2D eigenvalue weighted by molar-refractivity contribution is -0.138. The molecule has 1 aromatic carbocycles. The minimum atomic E-state index is -1.07. The Kier molecular flexibility index (Phi) is 3.60. The molecule has 0 amide bonds. The van der Waals surface area contributed by atoms with Gasteiger partial charge < -0.3 is 10.8 Å². The number of aromatic nitrogens is 1. The van der Waals surface area contributed by atoms with Crippen LogP contribution in [0, 0.1) is 0 Å². The highest BCUT2D eigenvalue weighted by atomic mass is 35.5. The summed E-state index contributed by atoms with van der Waals surface area (Å²) < 4.78 is 0. The fourth-order valence-electron chi connectivity index (χ4n) is 1.52. The summed E-state index contributed by atoms with van der Waals surface area (Å²) in [6.07, 6.45) is 1.47. The molecule has 0 aliphatic carbocycles. The van der Waals surface area contributed by atoms with Gasteiger partial charge in [0.15, 0.2) is 0 Å². The Balaban J connectivity index is 2.27. The van der Waals surface area contributed by atoms with Crippen molar-refractivity contribution in [1.82, 2.24) is 4.98 Å². The molecule has 0 saturated heterocycles. The zero-order chi connectivity index (χ0) is 13.1. The van der Waals surface area contributed by atoms with E-state index >= 15 is 0 Å². The highest BCUT2D eigenvalue weighted by Gasteiger charge is 2.14. The summed E-state index contributed by atoms with van der Waals surface area (Å²) in [5.41, 5.74) is 7.62. The lowest BCUT2D eigenvalue weighted by Gasteiger charge is -2.07. The predicted molar refractivity (Wildman–Crippen MR) is 69.2 cm³/mol. The van der Waals surface area contributed by atoms with Crippen LogP contribution in [0.3, 0.4) is 0 Å². The van der Waals surface area contributed by atoms with Gasteiger partial charge in [0.2, 0.25) is 0 Å². The Morgan fingerprint density at radius 3 is 2.39 bits per heavy atom. The van der Waals surface area contributed by atoms with Gasteiger partial charge in [-0.15, -0.1) is 0 Å². The van der Waals surface area contributed by atoms with E-state index in [4.69, 9.17) is 22.4 Å². The third-order valence-corrected chi connectivity index (χ3v) is 2.80. The van der Waals surface area contributed by atoms with Gasteiger partial charge in [-0.2, -0.15) is 0 Å². The zero-order valence-corrected chi connectivity index (χ0v) is 10.1. The molecule has 5 heteroatoms. The Morgan fingerprint density at radius 2 is 1.89 bits per heavy atom. The molecule has 0 fully saturated rings. The van der Waals surface area contributed by atoms with Gasteiger partial charge in [-0.05, 0) is 23.8 Å². The second-order valence-electron chi connectivity index (χ2n) is 3.80. The molecule has 0 spiro atoms. The van der Waals surface area contributed by atoms with Crippen molar-refractivity contribution < 1.29 is 9.90 Å². The van der Waals surface area contributed by atoms with Gasteiger partial charge in [-0.25, -0.2) is 0 Å². The van der Waals surface area contributed by atoms with Crippen molar-refractivity contribution >= 4 is 17.6 Å². The molecule has 1 unspecified atom stereocenters. The number of nitrogens with two attached hydrogens (primary N) is 1. The van der Waals surface area contributed by atoms with Crippen LogP contribution in [0.15, 0.2) is 42.6 Å². The van der Waals surface area contributed by atoms with Crippen LogP contribution in [-0.2, 0) is 4.79 Å². The van der Waals surface area contributed by atoms with Crippen LogP contribution >= 0.6 is 11.6 Å². The number of benzene rings is 1. The van der Waals surface area contributed by atoms with Crippen LogP contribution in [-0.4, -0.2) is 16.1 Å². The minimum absolute atomic E-state index is 0.472. The van der Waals surface area contributed by atoms with Gasteiger partial charge in [0.25, 0.3) is 0 Å². The average Bonchev–Trinajstić information content (AvgIpc) is 2.39. The first-order valence-corrected chi connectivity index (χ1v) is 5.66. The normalized spacial score (nSPS) is 12.1. The number of pyridine rings is 1. The second-order valence-corrected chi connectivity index (χ2v) is 4.24. The summed E-state index contributed by atoms with van der Waals surface area (Å²) in [7, 11) is 0. The maximum atomic E-state index is 10.7. The van der Waals surface area contributed by atoms with E-state index in [1.807, 2.05) is 12.1 Å². The first-order chi connectivity index (χ1) is 8.58. The zero-order valence-electron chi connectivity index (χ0n) is 9.38. The molecular weight excluding hydrogens is 252 g/mol. The van der Waals surface area contributed by atoms with E-state index < -0.39 is 12.0 Å². The van der Waals surface area contributed by atoms with E-state index in [0.29, 0.717) is 10.6 Å². The number of hydrogen-bond donors (Lipinski definition) is 2. The molecule has 0 saturated carbocycles. The molecule has 0 radical (unpaired) electrons. The van der Waals surface area contributed by atoms with Crippen molar-refractivity contribution in [2.24, 2.45) is 5.73 Å². The van der Waals surface area contributed by atoms with Crippen molar-refractivity contribution in [3.05, 3.63) is 53.2 Å². The fourth-order valence-corrected chi connectivity index (χ4v) is 1.65.